The number of hydrogen-bond acceptors (Lipinski definition) is 4. The fourth-order valence-corrected chi connectivity index (χ4v) is 3.60. The molecule has 2 aromatic rings. The van der Waals surface area contributed by atoms with Crippen LogP contribution in [0.25, 0.3) is 0 Å². The number of nitrogens with one attached hydrogen (secondary N) is 1. The molecule has 1 N–H and O–H groups in total. The van der Waals surface area contributed by atoms with Gasteiger partial charge in [0, 0.05) is 11.8 Å². The van der Waals surface area contributed by atoms with Crippen LogP contribution in [0.15, 0.2) is 35.2 Å². The molecule has 0 spiro atoms. The minimum Gasteiger partial charge on any atom is -0.492 e. The van der Waals surface area contributed by atoms with Crippen molar-refractivity contribution in [3.05, 3.63) is 46.1 Å². The van der Waals surface area contributed by atoms with E-state index in [9.17, 15) is 8.42 Å². The third-order valence-corrected chi connectivity index (χ3v) is 4.82. The van der Waals surface area contributed by atoms with Crippen LogP contribution in [0.4, 0.5) is 5.82 Å². The van der Waals surface area contributed by atoms with Crippen molar-refractivity contribution in [3.8, 4) is 5.75 Å². The van der Waals surface area contributed by atoms with Gasteiger partial charge in [0.2, 0.25) is 0 Å². The number of benzene rings is 1. The van der Waals surface area contributed by atoms with Crippen molar-refractivity contribution in [2.24, 2.45) is 0 Å². The molecule has 0 amide bonds. The number of sulfonamides is 1. The zero-order valence-corrected chi connectivity index (χ0v) is 14.3. The maximum Gasteiger partial charge on any atom is 0.264 e. The zero-order valence-electron chi connectivity index (χ0n) is 11.9. The van der Waals surface area contributed by atoms with E-state index in [-0.39, 0.29) is 20.8 Å². The van der Waals surface area contributed by atoms with E-state index in [1.807, 2.05) is 0 Å². The average molecular weight is 361 g/mol. The molecule has 0 unspecified atom stereocenters. The summed E-state index contributed by atoms with van der Waals surface area (Å²) in [5, 5.41) is 0.192. The highest BCUT2D eigenvalue weighted by Gasteiger charge is 2.21. The third-order valence-electron chi connectivity index (χ3n) is 2.70. The summed E-state index contributed by atoms with van der Waals surface area (Å²) in [6, 6.07) is 7.65. The molecule has 0 aliphatic heterocycles. The molecule has 2 rings (SSSR count). The second-order valence-corrected chi connectivity index (χ2v) is 6.88. The lowest BCUT2D eigenvalue weighted by molar-refractivity contribution is 0.340. The Morgan fingerprint density at radius 3 is 2.59 bits per heavy atom. The van der Waals surface area contributed by atoms with Crippen LogP contribution in [0.3, 0.4) is 0 Å². The molecule has 5 nitrogen and oxygen atoms in total. The van der Waals surface area contributed by atoms with Crippen LogP contribution in [0.2, 0.25) is 10.0 Å². The molecule has 0 aliphatic rings. The van der Waals surface area contributed by atoms with Crippen molar-refractivity contribution >= 4 is 39.0 Å². The molecule has 1 aromatic carbocycles. The first kappa shape index (κ1) is 16.9. The smallest absolute Gasteiger partial charge is 0.264 e. The molecular formula is C14H14Cl2N2O3S. The van der Waals surface area contributed by atoms with Gasteiger partial charge in [0.25, 0.3) is 10.0 Å². The van der Waals surface area contributed by atoms with Crippen LogP contribution in [-0.4, -0.2) is 20.0 Å². The van der Waals surface area contributed by atoms with Gasteiger partial charge in [-0.25, -0.2) is 13.4 Å². The van der Waals surface area contributed by atoms with Crippen LogP contribution < -0.4 is 9.46 Å². The number of anilines is 1. The normalized spacial score (nSPS) is 11.3. The predicted molar refractivity (Wildman–Crippen MR) is 87.4 cm³/mol. The zero-order chi connectivity index (χ0) is 16.3. The van der Waals surface area contributed by atoms with Gasteiger partial charge in [0.1, 0.15) is 16.5 Å². The van der Waals surface area contributed by atoms with Gasteiger partial charge in [-0.15, -0.1) is 0 Å². The molecule has 0 bridgehead atoms. The van der Waals surface area contributed by atoms with E-state index < -0.39 is 10.0 Å². The first-order valence-electron chi connectivity index (χ1n) is 6.42. The number of nitrogens with zero attached hydrogens (tertiary/aromatic N) is 1. The van der Waals surface area contributed by atoms with Gasteiger partial charge in [0.05, 0.1) is 16.7 Å². The number of hydrogen-bond donors (Lipinski definition) is 1. The van der Waals surface area contributed by atoms with Gasteiger partial charge in [-0.3, -0.25) is 4.72 Å². The standard InChI is InChI=1S/C14H14Cl2N2O3S/c1-3-21-12-7-11(16)13(8-10(12)15)22(19,20)18-14-6-4-5-9(2)17-14/h4-8H,3H2,1-2H3,(H,17,18). The molecule has 0 atom stereocenters. The quantitative estimate of drug-likeness (QED) is 0.877. The average Bonchev–Trinajstić information content (AvgIpc) is 2.42. The Balaban J connectivity index is 2.39. The monoisotopic (exact) mass is 360 g/mol. The van der Waals surface area contributed by atoms with Crippen molar-refractivity contribution in [2.75, 3.05) is 11.3 Å². The number of aromatic nitrogens is 1. The Hall–Kier alpha value is -1.50. The highest BCUT2D eigenvalue weighted by atomic mass is 35.5. The maximum atomic E-state index is 12.4. The fourth-order valence-electron chi connectivity index (χ4n) is 1.77. The number of pyridine rings is 1. The number of halogens is 2. The SMILES string of the molecule is CCOc1cc(Cl)c(S(=O)(=O)Nc2cccc(C)n2)cc1Cl. The van der Waals surface area contributed by atoms with Crippen LogP contribution >= 0.6 is 23.2 Å². The molecule has 0 saturated heterocycles. The third kappa shape index (κ3) is 3.82. The Kier molecular flexibility index (Phi) is 5.16. The molecule has 1 aromatic heterocycles. The minimum atomic E-state index is -3.90. The molecule has 0 aliphatic carbocycles. The number of rotatable bonds is 5. The molecule has 118 valence electrons. The summed E-state index contributed by atoms with van der Waals surface area (Å²) >= 11 is 12.1. The van der Waals surface area contributed by atoms with E-state index in [0.717, 1.165) is 0 Å². The van der Waals surface area contributed by atoms with Crippen molar-refractivity contribution in [3.63, 3.8) is 0 Å². The summed E-state index contributed by atoms with van der Waals surface area (Å²) in [4.78, 5) is 3.96. The summed E-state index contributed by atoms with van der Waals surface area (Å²) in [7, 11) is -3.90. The van der Waals surface area contributed by atoms with Gasteiger partial charge in [-0.05, 0) is 32.0 Å². The van der Waals surface area contributed by atoms with Crippen molar-refractivity contribution in [1.29, 1.82) is 0 Å². The van der Waals surface area contributed by atoms with E-state index >= 15 is 0 Å². The van der Waals surface area contributed by atoms with E-state index in [1.54, 1.807) is 32.0 Å². The summed E-state index contributed by atoms with van der Waals surface area (Å²) in [6.45, 7) is 3.95. The summed E-state index contributed by atoms with van der Waals surface area (Å²) in [5.74, 6) is 0.544. The molecule has 0 radical (unpaired) electrons. The van der Waals surface area contributed by atoms with E-state index in [4.69, 9.17) is 27.9 Å². The van der Waals surface area contributed by atoms with Crippen molar-refractivity contribution in [1.82, 2.24) is 4.98 Å². The first-order chi connectivity index (χ1) is 10.3. The lowest BCUT2D eigenvalue weighted by Crippen LogP contribution is -2.14. The van der Waals surface area contributed by atoms with Gasteiger partial charge in [0.15, 0.2) is 0 Å². The van der Waals surface area contributed by atoms with Crippen molar-refractivity contribution < 1.29 is 13.2 Å². The van der Waals surface area contributed by atoms with Gasteiger partial charge < -0.3 is 4.74 Å². The van der Waals surface area contributed by atoms with Gasteiger partial charge in [-0.1, -0.05) is 29.3 Å². The first-order valence-corrected chi connectivity index (χ1v) is 8.65. The minimum absolute atomic E-state index is 0.0213. The Bertz CT molecular complexity index is 795. The van der Waals surface area contributed by atoms with E-state index in [0.29, 0.717) is 18.1 Å². The van der Waals surface area contributed by atoms with Crippen LogP contribution in [0.5, 0.6) is 5.75 Å². The second-order valence-electron chi connectivity index (χ2n) is 4.42. The lowest BCUT2D eigenvalue weighted by atomic mass is 10.3. The second kappa shape index (κ2) is 6.73. The lowest BCUT2D eigenvalue weighted by Gasteiger charge is -2.12. The van der Waals surface area contributed by atoms with E-state index in [2.05, 4.69) is 9.71 Å². The topological polar surface area (TPSA) is 68.3 Å². The molecule has 0 fully saturated rings. The molecule has 1 heterocycles. The van der Waals surface area contributed by atoms with Crippen LogP contribution in [-0.2, 0) is 10.0 Å². The van der Waals surface area contributed by atoms with Crippen molar-refractivity contribution in [2.45, 2.75) is 18.7 Å². The van der Waals surface area contributed by atoms with E-state index in [1.165, 1.54) is 12.1 Å². The largest absolute Gasteiger partial charge is 0.492 e. The molecule has 8 heteroatoms. The number of aryl methyl sites for hydroxylation is 1. The van der Waals surface area contributed by atoms with Crippen LogP contribution in [0, 0.1) is 6.92 Å². The van der Waals surface area contributed by atoms with Gasteiger partial charge in [-0.2, -0.15) is 0 Å². The predicted octanol–water partition coefficient (Wildman–Crippen LogP) is 3.90. The summed E-state index contributed by atoms with van der Waals surface area (Å²) in [5.41, 5.74) is 0.691. The van der Waals surface area contributed by atoms with Crippen LogP contribution in [0.1, 0.15) is 12.6 Å². The maximum absolute atomic E-state index is 12.4. The fraction of sp³-hybridized carbons (Fsp3) is 0.214. The highest BCUT2D eigenvalue weighted by Crippen LogP contribution is 2.34. The summed E-state index contributed by atoms with van der Waals surface area (Å²) in [6.07, 6.45) is 0. The Morgan fingerprint density at radius 2 is 1.95 bits per heavy atom. The summed E-state index contributed by atoms with van der Waals surface area (Å²) < 4.78 is 32.5. The molecule has 22 heavy (non-hydrogen) atoms. The number of ether oxygens (including phenoxy) is 1. The Labute approximate surface area is 139 Å². The Morgan fingerprint density at radius 1 is 1.23 bits per heavy atom. The highest BCUT2D eigenvalue weighted by molar-refractivity contribution is 7.92. The molecule has 0 saturated carbocycles. The molecular weight excluding hydrogens is 347 g/mol. The van der Waals surface area contributed by atoms with Gasteiger partial charge >= 0.3 is 0 Å².